The second-order valence-corrected chi connectivity index (χ2v) is 7.62. The van der Waals surface area contributed by atoms with Crippen molar-refractivity contribution < 1.29 is 12.8 Å². The van der Waals surface area contributed by atoms with E-state index in [4.69, 9.17) is 5.73 Å². The topological polar surface area (TPSA) is 72.2 Å². The van der Waals surface area contributed by atoms with Crippen LogP contribution in [0.25, 0.3) is 0 Å². The van der Waals surface area contributed by atoms with Crippen molar-refractivity contribution in [1.29, 1.82) is 0 Å². The van der Waals surface area contributed by atoms with E-state index in [1.807, 2.05) is 0 Å². The summed E-state index contributed by atoms with van der Waals surface area (Å²) in [5.74, 6) is -0.713. The molecular formula is C13H19FN2O2S. The summed E-state index contributed by atoms with van der Waals surface area (Å²) >= 11 is 0. The lowest BCUT2D eigenvalue weighted by Gasteiger charge is -2.18. The molecule has 1 unspecified atom stereocenters. The Kier molecular flexibility index (Phi) is 3.57. The van der Waals surface area contributed by atoms with Crippen LogP contribution in [0.5, 0.6) is 0 Å². The average Bonchev–Trinajstić information content (AvgIpc) is 2.61. The molecule has 1 aliphatic carbocycles. The quantitative estimate of drug-likeness (QED) is 0.837. The molecule has 0 aliphatic heterocycles. The Morgan fingerprint density at radius 1 is 1.42 bits per heavy atom. The number of hydrogen-bond acceptors (Lipinski definition) is 3. The van der Waals surface area contributed by atoms with Crippen LogP contribution in [0.3, 0.4) is 0 Å². The lowest BCUT2D eigenvalue weighted by Crippen LogP contribution is -2.33. The molecule has 0 saturated heterocycles. The largest absolute Gasteiger partial charge is 0.396 e. The Balaban J connectivity index is 2.17. The summed E-state index contributed by atoms with van der Waals surface area (Å²) in [5.41, 5.74) is 5.44. The number of benzene rings is 1. The molecule has 0 bridgehead atoms. The Labute approximate surface area is 113 Å². The lowest BCUT2D eigenvalue weighted by molar-refractivity contribution is 0.372. The third-order valence-corrected chi connectivity index (χ3v) is 5.09. The number of halogens is 1. The molecule has 1 aliphatic rings. The van der Waals surface area contributed by atoms with Crippen molar-refractivity contribution in [3.8, 4) is 0 Å². The SMILES string of the molecule is CC1(C)CCC(NS(=O)(=O)c2ccc(N)c(F)c2)C1. The smallest absolute Gasteiger partial charge is 0.240 e. The molecule has 1 fully saturated rings. The van der Waals surface area contributed by atoms with Crippen molar-refractivity contribution in [2.45, 2.75) is 44.0 Å². The minimum Gasteiger partial charge on any atom is -0.396 e. The maximum atomic E-state index is 13.3. The number of rotatable bonds is 3. The number of anilines is 1. The predicted molar refractivity (Wildman–Crippen MR) is 72.6 cm³/mol. The van der Waals surface area contributed by atoms with Crippen LogP contribution in [0, 0.1) is 11.2 Å². The van der Waals surface area contributed by atoms with Gasteiger partial charge in [0.15, 0.2) is 0 Å². The second kappa shape index (κ2) is 4.76. The summed E-state index contributed by atoms with van der Waals surface area (Å²) in [6.07, 6.45) is 2.59. The molecule has 0 aromatic heterocycles. The first kappa shape index (κ1) is 14.3. The molecule has 1 saturated carbocycles. The van der Waals surface area contributed by atoms with Gasteiger partial charge in [-0.15, -0.1) is 0 Å². The minimum absolute atomic E-state index is 0.0547. The molecule has 0 radical (unpaired) electrons. The summed E-state index contributed by atoms with van der Waals surface area (Å²) in [4.78, 5) is -0.0797. The van der Waals surface area contributed by atoms with Crippen molar-refractivity contribution >= 4 is 15.7 Å². The van der Waals surface area contributed by atoms with Crippen molar-refractivity contribution in [1.82, 2.24) is 4.72 Å². The molecule has 0 heterocycles. The highest BCUT2D eigenvalue weighted by atomic mass is 32.2. The summed E-state index contributed by atoms with van der Waals surface area (Å²) in [5, 5.41) is 0. The zero-order chi connectivity index (χ0) is 14.3. The van der Waals surface area contributed by atoms with Gasteiger partial charge in [0.25, 0.3) is 0 Å². The van der Waals surface area contributed by atoms with Gasteiger partial charge in [0.2, 0.25) is 10.0 Å². The fraction of sp³-hybridized carbons (Fsp3) is 0.538. The van der Waals surface area contributed by atoms with Crippen LogP contribution in [0.2, 0.25) is 0 Å². The minimum atomic E-state index is -3.68. The highest BCUT2D eigenvalue weighted by molar-refractivity contribution is 7.89. The van der Waals surface area contributed by atoms with Gasteiger partial charge in [-0.05, 0) is 42.9 Å². The van der Waals surface area contributed by atoms with Gasteiger partial charge >= 0.3 is 0 Å². The van der Waals surface area contributed by atoms with E-state index in [1.165, 1.54) is 12.1 Å². The number of hydrogen-bond donors (Lipinski definition) is 2. The van der Waals surface area contributed by atoms with Gasteiger partial charge < -0.3 is 5.73 Å². The normalized spacial score (nSPS) is 22.6. The number of nitrogen functional groups attached to an aromatic ring is 1. The zero-order valence-electron chi connectivity index (χ0n) is 11.1. The molecule has 0 amide bonds. The first-order valence-corrected chi connectivity index (χ1v) is 7.75. The summed E-state index contributed by atoms with van der Waals surface area (Å²) < 4.78 is 40.3. The van der Waals surface area contributed by atoms with Gasteiger partial charge in [0.1, 0.15) is 5.82 Å². The van der Waals surface area contributed by atoms with E-state index in [2.05, 4.69) is 18.6 Å². The highest BCUT2D eigenvalue weighted by Gasteiger charge is 2.33. The van der Waals surface area contributed by atoms with Gasteiger partial charge in [-0.25, -0.2) is 17.5 Å². The van der Waals surface area contributed by atoms with E-state index in [0.29, 0.717) is 0 Å². The molecule has 1 atom stereocenters. The molecule has 1 aromatic rings. The summed E-state index contributed by atoms with van der Waals surface area (Å²) in [6, 6.07) is 3.46. The van der Waals surface area contributed by atoms with E-state index in [-0.39, 0.29) is 22.0 Å². The fourth-order valence-electron chi connectivity index (χ4n) is 2.50. The van der Waals surface area contributed by atoms with Crippen LogP contribution < -0.4 is 10.5 Å². The van der Waals surface area contributed by atoms with E-state index < -0.39 is 15.8 Å². The zero-order valence-corrected chi connectivity index (χ0v) is 11.9. The Morgan fingerprint density at radius 3 is 2.63 bits per heavy atom. The highest BCUT2D eigenvalue weighted by Crippen LogP contribution is 2.37. The van der Waals surface area contributed by atoms with Crippen molar-refractivity contribution in [2.24, 2.45) is 5.41 Å². The average molecular weight is 286 g/mol. The van der Waals surface area contributed by atoms with E-state index in [0.717, 1.165) is 25.3 Å². The molecule has 2 rings (SSSR count). The van der Waals surface area contributed by atoms with E-state index in [9.17, 15) is 12.8 Å². The van der Waals surface area contributed by atoms with Crippen LogP contribution in [0.1, 0.15) is 33.1 Å². The van der Waals surface area contributed by atoms with Gasteiger partial charge in [0, 0.05) is 6.04 Å². The number of sulfonamides is 1. The van der Waals surface area contributed by atoms with Crippen molar-refractivity contribution in [3.05, 3.63) is 24.0 Å². The van der Waals surface area contributed by atoms with Gasteiger partial charge in [-0.2, -0.15) is 0 Å². The van der Waals surface area contributed by atoms with Crippen LogP contribution >= 0.6 is 0 Å². The third-order valence-electron chi connectivity index (χ3n) is 3.57. The third kappa shape index (κ3) is 3.25. The maximum Gasteiger partial charge on any atom is 0.240 e. The first-order valence-electron chi connectivity index (χ1n) is 6.27. The predicted octanol–water partition coefficient (Wildman–Crippen LogP) is 2.26. The Morgan fingerprint density at radius 2 is 2.11 bits per heavy atom. The Bertz CT molecular complexity index is 584. The molecule has 0 spiro atoms. The van der Waals surface area contributed by atoms with Crippen molar-refractivity contribution in [3.63, 3.8) is 0 Å². The van der Waals surface area contributed by atoms with Crippen LogP contribution in [0.15, 0.2) is 23.1 Å². The molecule has 106 valence electrons. The molecule has 4 nitrogen and oxygen atoms in total. The van der Waals surface area contributed by atoms with Crippen LogP contribution in [0.4, 0.5) is 10.1 Å². The maximum absolute atomic E-state index is 13.3. The van der Waals surface area contributed by atoms with Crippen LogP contribution in [-0.4, -0.2) is 14.5 Å². The lowest BCUT2D eigenvalue weighted by atomic mass is 9.92. The monoisotopic (exact) mass is 286 g/mol. The van der Waals surface area contributed by atoms with Gasteiger partial charge in [-0.1, -0.05) is 13.8 Å². The fourth-order valence-corrected chi connectivity index (χ4v) is 3.78. The molecular weight excluding hydrogens is 267 g/mol. The van der Waals surface area contributed by atoms with Crippen molar-refractivity contribution in [2.75, 3.05) is 5.73 Å². The first-order chi connectivity index (χ1) is 8.70. The molecule has 6 heteroatoms. The van der Waals surface area contributed by atoms with Gasteiger partial charge in [0.05, 0.1) is 10.6 Å². The number of nitrogens with one attached hydrogen (secondary N) is 1. The van der Waals surface area contributed by atoms with Gasteiger partial charge in [-0.3, -0.25) is 0 Å². The van der Waals surface area contributed by atoms with E-state index in [1.54, 1.807) is 0 Å². The summed E-state index contributed by atoms with van der Waals surface area (Å²) in [7, 11) is -3.68. The van der Waals surface area contributed by atoms with Crippen LogP contribution in [-0.2, 0) is 10.0 Å². The standard InChI is InChI=1S/C13H19FN2O2S/c1-13(2)6-5-9(8-13)16-19(17,18)10-3-4-12(15)11(14)7-10/h3-4,7,9,16H,5-6,8,15H2,1-2H3. The second-order valence-electron chi connectivity index (χ2n) is 5.91. The Hall–Kier alpha value is -1.14. The van der Waals surface area contributed by atoms with E-state index >= 15 is 0 Å². The molecule has 19 heavy (non-hydrogen) atoms. The number of nitrogens with two attached hydrogens (primary N) is 1. The molecule has 1 aromatic carbocycles. The molecule has 3 N–H and O–H groups in total. The summed E-state index contributed by atoms with van der Waals surface area (Å²) in [6.45, 7) is 4.23.